The van der Waals surface area contributed by atoms with Crippen molar-refractivity contribution >= 4 is 22.6 Å². The number of benzene rings is 2. The summed E-state index contributed by atoms with van der Waals surface area (Å²) in [6.07, 6.45) is 3.58. The molecule has 2 heterocycles. The number of amides is 1. The van der Waals surface area contributed by atoms with Gasteiger partial charge in [-0.05, 0) is 63.2 Å². The molecule has 1 saturated heterocycles. The number of rotatable bonds is 5. The number of nitrogens with one attached hydrogen (secondary N) is 1. The van der Waals surface area contributed by atoms with Crippen molar-refractivity contribution in [3.63, 3.8) is 0 Å². The molecule has 0 saturated carbocycles. The zero-order valence-corrected chi connectivity index (χ0v) is 16.0. The van der Waals surface area contributed by atoms with Crippen LogP contribution in [-0.4, -0.2) is 40.0 Å². The summed E-state index contributed by atoms with van der Waals surface area (Å²) in [4.78, 5) is 19.8. The lowest BCUT2D eigenvalue weighted by Crippen LogP contribution is -2.22. The van der Waals surface area contributed by atoms with Gasteiger partial charge in [-0.1, -0.05) is 17.7 Å². The molecule has 27 heavy (non-hydrogen) atoms. The van der Waals surface area contributed by atoms with E-state index in [0.717, 1.165) is 41.1 Å². The molecular formula is C22H26N4O. The van der Waals surface area contributed by atoms with Gasteiger partial charge < -0.3 is 14.8 Å². The minimum atomic E-state index is -0.0942. The Morgan fingerprint density at radius 1 is 1.15 bits per heavy atom. The van der Waals surface area contributed by atoms with Crippen LogP contribution in [0, 0.1) is 6.92 Å². The van der Waals surface area contributed by atoms with Crippen LogP contribution in [0.4, 0.5) is 5.69 Å². The Kier molecular flexibility index (Phi) is 4.94. The molecule has 5 nitrogen and oxygen atoms in total. The summed E-state index contributed by atoms with van der Waals surface area (Å²) in [5.41, 5.74) is 4.54. The van der Waals surface area contributed by atoms with Crippen LogP contribution >= 0.6 is 0 Å². The average molecular weight is 362 g/mol. The molecule has 140 valence electrons. The van der Waals surface area contributed by atoms with Gasteiger partial charge in [0.05, 0.1) is 11.0 Å². The summed E-state index contributed by atoms with van der Waals surface area (Å²) >= 11 is 0. The number of aromatic nitrogens is 2. The number of nitrogens with zero attached hydrogens (tertiary/aromatic N) is 3. The molecule has 1 aliphatic rings. The molecule has 1 fully saturated rings. The van der Waals surface area contributed by atoms with Gasteiger partial charge in [-0.2, -0.15) is 0 Å². The van der Waals surface area contributed by atoms with Crippen molar-refractivity contribution in [1.29, 1.82) is 0 Å². The van der Waals surface area contributed by atoms with E-state index >= 15 is 0 Å². The molecule has 0 radical (unpaired) electrons. The van der Waals surface area contributed by atoms with E-state index in [2.05, 4.69) is 21.8 Å². The first kappa shape index (κ1) is 17.7. The van der Waals surface area contributed by atoms with Gasteiger partial charge in [0.2, 0.25) is 0 Å². The zero-order chi connectivity index (χ0) is 18.8. The Labute approximate surface area is 160 Å². The van der Waals surface area contributed by atoms with Gasteiger partial charge in [0, 0.05) is 31.3 Å². The third kappa shape index (κ3) is 3.88. The van der Waals surface area contributed by atoms with Gasteiger partial charge in [0.15, 0.2) is 0 Å². The third-order valence-electron chi connectivity index (χ3n) is 5.36. The van der Waals surface area contributed by atoms with Crippen molar-refractivity contribution < 1.29 is 4.79 Å². The summed E-state index contributed by atoms with van der Waals surface area (Å²) < 4.78 is 2.16. The molecule has 0 unspecified atom stereocenters. The van der Waals surface area contributed by atoms with Crippen LogP contribution in [0.2, 0.25) is 0 Å². The average Bonchev–Trinajstić information content (AvgIpc) is 3.28. The number of carbonyl (C=O) groups is 1. The minimum Gasteiger partial charge on any atom is -0.331 e. The maximum atomic E-state index is 12.5. The quantitative estimate of drug-likeness (QED) is 0.752. The molecule has 1 amide bonds. The predicted molar refractivity (Wildman–Crippen MR) is 109 cm³/mol. The molecule has 1 N–H and O–H groups in total. The largest absolute Gasteiger partial charge is 0.331 e. The summed E-state index contributed by atoms with van der Waals surface area (Å²) in [5, 5.41) is 2.99. The van der Waals surface area contributed by atoms with Crippen molar-refractivity contribution in [1.82, 2.24) is 14.5 Å². The number of fused-ring (bicyclic) bond motifs is 1. The number of hydrogen-bond acceptors (Lipinski definition) is 3. The Hall–Kier alpha value is -2.66. The highest BCUT2D eigenvalue weighted by Gasteiger charge is 2.14. The van der Waals surface area contributed by atoms with Crippen molar-refractivity contribution in [2.75, 3.05) is 25.0 Å². The van der Waals surface area contributed by atoms with Crippen molar-refractivity contribution in [2.24, 2.45) is 7.05 Å². The predicted octanol–water partition coefficient (Wildman–Crippen LogP) is 3.77. The van der Waals surface area contributed by atoms with Crippen molar-refractivity contribution in [3.8, 4) is 0 Å². The van der Waals surface area contributed by atoms with Crippen LogP contribution < -0.4 is 5.32 Å². The van der Waals surface area contributed by atoms with E-state index in [1.807, 2.05) is 49.4 Å². The molecule has 0 aliphatic carbocycles. The molecule has 5 heteroatoms. The van der Waals surface area contributed by atoms with Crippen LogP contribution in [0.25, 0.3) is 11.0 Å². The fourth-order valence-electron chi connectivity index (χ4n) is 3.80. The highest BCUT2D eigenvalue weighted by molar-refractivity contribution is 6.05. The van der Waals surface area contributed by atoms with E-state index in [1.165, 1.54) is 25.9 Å². The van der Waals surface area contributed by atoms with E-state index in [0.29, 0.717) is 5.56 Å². The second-order valence-electron chi connectivity index (χ2n) is 7.41. The highest BCUT2D eigenvalue weighted by atomic mass is 16.1. The Morgan fingerprint density at radius 2 is 1.96 bits per heavy atom. The van der Waals surface area contributed by atoms with Gasteiger partial charge in [-0.3, -0.25) is 4.79 Å². The fourth-order valence-corrected chi connectivity index (χ4v) is 3.80. The van der Waals surface area contributed by atoms with Crippen molar-refractivity contribution in [3.05, 3.63) is 59.4 Å². The van der Waals surface area contributed by atoms with Crippen LogP contribution in [-0.2, 0) is 13.5 Å². The number of hydrogen-bond donors (Lipinski definition) is 1. The minimum absolute atomic E-state index is 0.0942. The van der Waals surface area contributed by atoms with Gasteiger partial charge in [-0.15, -0.1) is 0 Å². The third-order valence-corrected chi connectivity index (χ3v) is 5.36. The van der Waals surface area contributed by atoms with E-state index < -0.39 is 0 Å². The first-order valence-electron chi connectivity index (χ1n) is 9.66. The smallest absolute Gasteiger partial charge is 0.255 e. The Morgan fingerprint density at radius 3 is 2.74 bits per heavy atom. The molecule has 0 spiro atoms. The van der Waals surface area contributed by atoms with Crippen LogP contribution in [0.1, 0.15) is 34.6 Å². The van der Waals surface area contributed by atoms with E-state index in [1.54, 1.807) is 0 Å². The molecule has 1 aromatic heterocycles. The number of imidazole rings is 1. The standard InChI is InChI=1S/C22H26N4O/c1-16-6-5-7-17(14-16)22(27)23-18-8-9-20-19(15-18)24-21(25(20)2)10-13-26-11-3-4-12-26/h5-9,14-15H,3-4,10-13H2,1-2H3,(H,23,27). The van der Waals surface area contributed by atoms with Crippen LogP contribution in [0.15, 0.2) is 42.5 Å². The number of anilines is 1. The van der Waals surface area contributed by atoms with Gasteiger partial charge in [0.25, 0.3) is 5.91 Å². The first-order valence-corrected chi connectivity index (χ1v) is 9.66. The summed E-state index contributed by atoms with van der Waals surface area (Å²) in [5.74, 6) is 1.00. The molecule has 0 atom stereocenters. The normalized spacial score (nSPS) is 14.7. The van der Waals surface area contributed by atoms with Crippen LogP contribution in [0.3, 0.4) is 0 Å². The molecule has 4 rings (SSSR count). The van der Waals surface area contributed by atoms with Gasteiger partial charge in [-0.25, -0.2) is 4.98 Å². The maximum absolute atomic E-state index is 12.5. The maximum Gasteiger partial charge on any atom is 0.255 e. The van der Waals surface area contributed by atoms with E-state index in [-0.39, 0.29) is 5.91 Å². The molecule has 2 aromatic carbocycles. The first-order chi connectivity index (χ1) is 13.1. The van der Waals surface area contributed by atoms with Crippen molar-refractivity contribution in [2.45, 2.75) is 26.2 Å². The van der Waals surface area contributed by atoms with Crippen LogP contribution in [0.5, 0.6) is 0 Å². The molecule has 0 bridgehead atoms. The van der Waals surface area contributed by atoms with E-state index in [9.17, 15) is 4.79 Å². The zero-order valence-electron chi connectivity index (χ0n) is 16.0. The lowest BCUT2D eigenvalue weighted by molar-refractivity contribution is 0.102. The number of likely N-dealkylation sites (tertiary alicyclic amines) is 1. The summed E-state index contributed by atoms with van der Waals surface area (Å²) in [6.45, 7) is 5.46. The summed E-state index contributed by atoms with van der Waals surface area (Å²) in [7, 11) is 2.07. The second-order valence-corrected chi connectivity index (χ2v) is 7.41. The topological polar surface area (TPSA) is 50.2 Å². The number of aryl methyl sites for hydroxylation is 2. The lowest BCUT2D eigenvalue weighted by Gasteiger charge is -2.13. The van der Waals surface area contributed by atoms with E-state index in [4.69, 9.17) is 4.98 Å². The Bertz CT molecular complexity index is 970. The lowest BCUT2D eigenvalue weighted by atomic mass is 10.1. The van der Waals surface area contributed by atoms with Gasteiger partial charge in [0.1, 0.15) is 5.82 Å². The second kappa shape index (κ2) is 7.53. The number of carbonyl (C=O) groups excluding carboxylic acids is 1. The molecule has 1 aliphatic heterocycles. The Balaban J connectivity index is 1.50. The van der Waals surface area contributed by atoms with Gasteiger partial charge >= 0.3 is 0 Å². The summed E-state index contributed by atoms with van der Waals surface area (Å²) in [6, 6.07) is 13.6. The highest BCUT2D eigenvalue weighted by Crippen LogP contribution is 2.21. The monoisotopic (exact) mass is 362 g/mol. The fraction of sp³-hybridized carbons (Fsp3) is 0.364. The molecule has 3 aromatic rings. The SMILES string of the molecule is Cc1cccc(C(=O)Nc2ccc3c(c2)nc(CCN2CCCC2)n3C)c1. The molecular weight excluding hydrogens is 336 g/mol.